The number of hydrogen-bond donors (Lipinski definition) is 1. The van der Waals surface area contributed by atoms with Gasteiger partial charge in [0.25, 0.3) is 0 Å². The van der Waals surface area contributed by atoms with Crippen LogP contribution in [0.4, 0.5) is 25.0 Å². The van der Waals surface area contributed by atoms with Crippen LogP contribution in [-0.2, 0) is 9.59 Å². The number of hydrogen-bond acceptors (Lipinski definition) is 8. The number of anilines is 2. The first-order valence-corrected chi connectivity index (χ1v) is 15.2. The molecule has 1 atom stereocenters. The molecule has 2 saturated heterocycles. The highest BCUT2D eigenvalue weighted by Gasteiger charge is 2.43. The number of carbonyl (C=O) groups excluding carboxylic acids is 3. The highest BCUT2D eigenvalue weighted by Crippen LogP contribution is 2.37. The van der Waals surface area contributed by atoms with E-state index in [0.717, 1.165) is 49.0 Å². The minimum Gasteiger partial charge on any atom is -0.493 e. The molecule has 0 spiro atoms. The first-order valence-electron chi connectivity index (χ1n) is 15.2. The van der Waals surface area contributed by atoms with Crippen molar-refractivity contribution in [3.05, 3.63) is 78.5 Å². The highest BCUT2D eigenvalue weighted by molar-refractivity contribution is 6.23. The van der Waals surface area contributed by atoms with Gasteiger partial charge in [-0.3, -0.25) is 14.6 Å². The summed E-state index contributed by atoms with van der Waals surface area (Å²) in [7, 11) is 3.01. The predicted octanol–water partition coefficient (Wildman–Crippen LogP) is 5.44. The Labute approximate surface area is 269 Å². The number of benzene rings is 3. The molecule has 244 valence electrons. The number of halogens is 2. The molecule has 3 heterocycles. The largest absolute Gasteiger partial charge is 0.493 e. The van der Waals surface area contributed by atoms with Crippen LogP contribution in [0.3, 0.4) is 0 Å². The summed E-state index contributed by atoms with van der Waals surface area (Å²) in [6, 6.07) is 13.2. The molecule has 0 aliphatic carbocycles. The van der Waals surface area contributed by atoms with E-state index in [1.807, 2.05) is 0 Å². The first-order chi connectivity index (χ1) is 22.7. The Balaban J connectivity index is 1.21. The van der Waals surface area contributed by atoms with Gasteiger partial charge in [-0.1, -0.05) is 0 Å². The van der Waals surface area contributed by atoms with Gasteiger partial charge in [-0.15, -0.1) is 0 Å². The second-order valence-corrected chi connectivity index (χ2v) is 11.2. The van der Waals surface area contributed by atoms with E-state index < -0.39 is 35.4 Å². The fourth-order valence-electron chi connectivity index (χ4n) is 5.79. The molecule has 4 aromatic rings. The highest BCUT2D eigenvalue weighted by atomic mass is 19.1. The van der Waals surface area contributed by atoms with Crippen LogP contribution in [0.25, 0.3) is 10.9 Å². The van der Waals surface area contributed by atoms with Crippen LogP contribution in [0.1, 0.15) is 12.8 Å². The first kappa shape index (κ1) is 31.7. The lowest BCUT2D eigenvalue weighted by Gasteiger charge is -2.38. The number of methoxy groups -OCH3 is 2. The standard InChI is InChI=1S/C34H33F2N5O6/c1-45-30-18-24-27(19-31(30)46-2)37-12-11-28(24)47-29-10-7-22(17-26(29)36)38-32(42)25-20-40(16-15-39-13-3-4-14-39)34(44)41(33(25)43)23-8-5-21(35)6-9-23/h5-12,17-19,25H,3-4,13-16,20H2,1-2H3,(H,38,42). The third-order valence-electron chi connectivity index (χ3n) is 8.30. The third-order valence-corrected chi connectivity index (χ3v) is 8.30. The van der Waals surface area contributed by atoms with Gasteiger partial charge in [0.05, 0.1) is 25.4 Å². The molecule has 1 aromatic heterocycles. The fraction of sp³-hybridized carbons (Fsp3) is 0.294. The number of imide groups is 1. The van der Waals surface area contributed by atoms with Crippen molar-refractivity contribution in [3.63, 3.8) is 0 Å². The van der Waals surface area contributed by atoms with Gasteiger partial charge in [0.15, 0.2) is 23.1 Å². The van der Waals surface area contributed by atoms with Gasteiger partial charge in [-0.05, 0) is 74.5 Å². The van der Waals surface area contributed by atoms with Crippen LogP contribution >= 0.6 is 0 Å². The molecule has 11 nitrogen and oxygen atoms in total. The fourth-order valence-corrected chi connectivity index (χ4v) is 5.79. The van der Waals surface area contributed by atoms with Crippen molar-refractivity contribution in [3.8, 4) is 23.0 Å². The lowest BCUT2D eigenvalue weighted by molar-refractivity contribution is -0.132. The lowest BCUT2D eigenvalue weighted by Crippen LogP contribution is -2.60. The summed E-state index contributed by atoms with van der Waals surface area (Å²) in [6.45, 7) is 2.57. The molecule has 2 fully saturated rings. The van der Waals surface area contributed by atoms with Crippen LogP contribution in [0.2, 0.25) is 0 Å². The third kappa shape index (κ3) is 6.66. The second kappa shape index (κ2) is 13.6. The van der Waals surface area contributed by atoms with Crippen LogP contribution in [0.5, 0.6) is 23.0 Å². The van der Waals surface area contributed by atoms with E-state index in [1.165, 1.54) is 49.6 Å². The van der Waals surface area contributed by atoms with Gasteiger partial charge in [-0.2, -0.15) is 0 Å². The molecule has 2 aliphatic rings. The van der Waals surface area contributed by atoms with E-state index in [1.54, 1.807) is 18.2 Å². The van der Waals surface area contributed by atoms with E-state index in [9.17, 15) is 18.8 Å². The van der Waals surface area contributed by atoms with Crippen LogP contribution in [0.15, 0.2) is 66.9 Å². The minimum atomic E-state index is -1.29. The maximum atomic E-state index is 15.3. The molecular weight excluding hydrogens is 612 g/mol. The van der Waals surface area contributed by atoms with Gasteiger partial charge in [0.2, 0.25) is 11.8 Å². The van der Waals surface area contributed by atoms with Crippen molar-refractivity contribution < 1.29 is 37.4 Å². The smallest absolute Gasteiger partial charge is 0.331 e. The molecule has 4 amide bonds. The summed E-state index contributed by atoms with van der Waals surface area (Å²) in [6.07, 6.45) is 3.66. The summed E-state index contributed by atoms with van der Waals surface area (Å²) >= 11 is 0. The average molecular weight is 646 g/mol. The second-order valence-electron chi connectivity index (χ2n) is 11.2. The summed E-state index contributed by atoms with van der Waals surface area (Å²) in [5.41, 5.74) is 0.786. The maximum Gasteiger partial charge on any atom is 0.331 e. The molecule has 0 bridgehead atoms. The number of rotatable bonds is 10. The van der Waals surface area contributed by atoms with Crippen molar-refractivity contribution >= 4 is 40.1 Å². The number of fused-ring (bicyclic) bond motifs is 1. The Bertz CT molecular complexity index is 1820. The van der Waals surface area contributed by atoms with E-state index in [2.05, 4.69) is 15.2 Å². The molecule has 3 aromatic carbocycles. The van der Waals surface area contributed by atoms with Crippen LogP contribution in [0, 0.1) is 17.6 Å². The van der Waals surface area contributed by atoms with Crippen LogP contribution < -0.4 is 24.4 Å². The number of nitrogens with zero attached hydrogens (tertiary/aromatic N) is 4. The zero-order valence-electron chi connectivity index (χ0n) is 25.9. The van der Waals surface area contributed by atoms with Gasteiger partial charge in [0, 0.05) is 49.0 Å². The zero-order chi connectivity index (χ0) is 33.1. The Morgan fingerprint density at radius 1 is 0.894 bits per heavy atom. The normalized spacial score (nSPS) is 16.9. The summed E-state index contributed by atoms with van der Waals surface area (Å²) in [4.78, 5) is 49.4. The van der Waals surface area contributed by atoms with Gasteiger partial charge < -0.3 is 29.3 Å². The number of urea groups is 1. The Hall–Kier alpha value is -5.30. The van der Waals surface area contributed by atoms with Crippen molar-refractivity contribution in [1.82, 2.24) is 14.8 Å². The molecule has 1 unspecified atom stereocenters. The maximum absolute atomic E-state index is 15.3. The van der Waals surface area contributed by atoms with Gasteiger partial charge in [-0.25, -0.2) is 18.5 Å². The molecule has 0 saturated carbocycles. The monoisotopic (exact) mass is 645 g/mol. The lowest BCUT2D eigenvalue weighted by atomic mass is 10.0. The number of pyridine rings is 1. The van der Waals surface area contributed by atoms with E-state index in [0.29, 0.717) is 41.2 Å². The number of likely N-dealkylation sites (tertiary alicyclic amines) is 1. The molecule has 2 aliphatic heterocycles. The molecular formula is C34H33F2N5O6. The van der Waals surface area contributed by atoms with E-state index >= 15 is 4.39 Å². The average Bonchev–Trinajstić information content (AvgIpc) is 3.60. The molecule has 0 radical (unpaired) electrons. The number of aromatic nitrogens is 1. The molecule has 6 rings (SSSR count). The Morgan fingerprint density at radius 3 is 2.32 bits per heavy atom. The van der Waals surface area contributed by atoms with Crippen molar-refractivity contribution in [2.45, 2.75) is 12.8 Å². The number of ether oxygens (including phenoxy) is 3. The van der Waals surface area contributed by atoms with E-state index in [4.69, 9.17) is 14.2 Å². The Kier molecular flexibility index (Phi) is 9.16. The summed E-state index contributed by atoms with van der Waals surface area (Å²) in [5.74, 6) is -2.92. The number of amides is 4. The summed E-state index contributed by atoms with van der Waals surface area (Å²) in [5, 5.41) is 3.18. The number of carbonyl (C=O) groups is 3. The van der Waals surface area contributed by atoms with Crippen molar-refractivity contribution in [1.29, 1.82) is 0 Å². The Morgan fingerprint density at radius 2 is 1.62 bits per heavy atom. The molecule has 13 heteroatoms. The van der Waals surface area contributed by atoms with Gasteiger partial charge >= 0.3 is 6.03 Å². The molecule has 47 heavy (non-hydrogen) atoms. The van der Waals surface area contributed by atoms with Gasteiger partial charge in [0.1, 0.15) is 17.5 Å². The predicted molar refractivity (Wildman–Crippen MR) is 170 cm³/mol. The quantitative estimate of drug-likeness (QED) is 0.227. The number of nitrogens with one attached hydrogen (secondary N) is 1. The minimum absolute atomic E-state index is 0.0903. The van der Waals surface area contributed by atoms with E-state index in [-0.39, 0.29) is 23.7 Å². The van der Waals surface area contributed by atoms with Crippen molar-refractivity contribution in [2.24, 2.45) is 5.92 Å². The van der Waals surface area contributed by atoms with Crippen molar-refractivity contribution in [2.75, 3.05) is 57.2 Å². The topological polar surface area (TPSA) is 114 Å². The summed E-state index contributed by atoms with van der Waals surface area (Å²) < 4.78 is 45.6. The SMILES string of the molecule is COc1cc2nccc(Oc3ccc(NC(=O)C4CN(CCN5CCCC5)C(=O)N(c5ccc(F)cc5)C4=O)cc3F)c2cc1OC. The zero-order valence-corrected chi connectivity index (χ0v) is 25.9. The van der Waals surface area contributed by atoms with Crippen LogP contribution in [-0.4, -0.2) is 79.6 Å². The molecule has 1 N–H and O–H groups in total.